The number of nitrogens with zero attached hydrogens (tertiary/aromatic N) is 5. The summed E-state index contributed by atoms with van der Waals surface area (Å²) in [7, 11) is 3.57. The van der Waals surface area contributed by atoms with Crippen molar-refractivity contribution in [2.24, 2.45) is 5.92 Å². The molecule has 2 heterocycles. The molecule has 0 radical (unpaired) electrons. The second kappa shape index (κ2) is 7.57. The van der Waals surface area contributed by atoms with Crippen LogP contribution < -0.4 is 0 Å². The Bertz CT molecular complexity index is 668. The summed E-state index contributed by atoms with van der Waals surface area (Å²) in [6.45, 7) is 3.99. The summed E-state index contributed by atoms with van der Waals surface area (Å²) in [4.78, 5) is 16.2. The standard InChI is InChI=1S/C18H25N5O/c1-21(2)18(24)17-7-3-5-15(11-17)12-22-9-4-6-16(13-22)14-23-10-8-19-20-23/h3,5,7-8,10-11,16H,4,6,9,12-14H2,1-2H3. The van der Waals surface area contributed by atoms with Crippen LogP contribution in [0.15, 0.2) is 36.7 Å². The lowest BCUT2D eigenvalue weighted by Crippen LogP contribution is -2.36. The van der Waals surface area contributed by atoms with Crippen LogP contribution in [-0.4, -0.2) is 57.9 Å². The third-order valence-corrected chi connectivity index (χ3v) is 4.51. The Balaban J connectivity index is 1.61. The van der Waals surface area contributed by atoms with E-state index in [2.05, 4.69) is 21.3 Å². The van der Waals surface area contributed by atoms with Gasteiger partial charge in [-0.05, 0) is 43.0 Å². The van der Waals surface area contributed by atoms with Crippen molar-refractivity contribution in [3.8, 4) is 0 Å². The summed E-state index contributed by atoms with van der Waals surface area (Å²) < 4.78 is 1.92. The first-order valence-corrected chi connectivity index (χ1v) is 8.49. The molecule has 0 bridgehead atoms. The van der Waals surface area contributed by atoms with E-state index in [-0.39, 0.29) is 5.91 Å². The van der Waals surface area contributed by atoms with Gasteiger partial charge in [-0.15, -0.1) is 5.10 Å². The number of rotatable bonds is 5. The van der Waals surface area contributed by atoms with Crippen molar-refractivity contribution < 1.29 is 4.79 Å². The largest absolute Gasteiger partial charge is 0.345 e. The molecule has 1 unspecified atom stereocenters. The van der Waals surface area contributed by atoms with Crippen molar-refractivity contribution in [1.29, 1.82) is 0 Å². The van der Waals surface area contributed by atoms with Crippen molar-refractivity contribution in [3.63, 3.8) is 0 Å². The first kappa shape index (κ1) is 16.6. The zero-order chi connectivity index (χ0) is 16.9. The molecule has 0 saturated carbocycles. The second-order valence-electron chi connectivity index (χ2n) is 6.77. The zero-order valence-electron chi connectivity index (χ0n) is 14.4. The Hall–Kier alpha value is -2.21. The van der Waals surface area contributed by atoms with Gasteiger partial charge in [-0.25, -0.2) is 0 Å². The Labute approximate surface area is 143 Å². The fourth-order valence-corrected chi connectivity index (χ4v) is 3.36. The summed E-state index contributed by atoms with van der Waals surface area (Å²) in [6.07, 6.45) is 6.09. The van der Waals surface area contributed by atoms with Gasteiger partial charge in [0, 0.05) is 45.5 Å². The van der Waals surface area contributed by atoms with Crippen LogP contribution >= 0.6 is 0 Å². The molecule has 6 heteroatoms. The summed E-state index contributed by atoms with van der Waals surface area (Å²) in [5, 5.41) is 7.95. The van der Waals surface area contributed by atoms with Gasteiger partial charge in [-0.1, -0.05) is 17.3 Å². The Kier molecular flexibility index (Phi) is 5.25. The van der Waals surface area contributed by atoms with Crippen molar-refractivity contribution in [2.75, 3.05) is 27.2 Å². The van der Waals surface area contributed by atoms with E-state index < -0.39 is 0 Å². The van der Waals surface area contributed by atoms with Crippen molar-refractivity contribution in [2.45, 2.75) is 25.9 Å². The molecular formula is C18H25N5O. The van der Waals surface area contributed by atoms with Gasteiger partial charge < -0.3 is 4.90 Å². The predicted molar refractivity (Wildman–Crippen MR) is 92.5 cm³/mol. The van der Waals surface area contributed by atoms with Gasteiger partial charge in [0.15, 0.2) is 0 Å². The molecule has 6 nitrogen and oxygen atoms in total. The molecule has 128 valence electrons. The first-order chi connectivity index (χ1) is 11.6. The van der Waals surface area contributed by atoms with E-state index in [0.29, 0.717) is 5.92 Å². The molecule has 1 saturated heterocycles. The average molecular weight is 327 g/mol. The first-order valence-electron chi connectivity index (χ1n) is 8.49. The highest BCUT2D eigenvalue weighted by Crippen LogP contribution is 2.20. The molecule has 1 aliphatic heterocycles. The third kappa shape index (κ3) is 4.20. The molecule has 1 fully saturated rings. The number of carbonyl (C=O) groups is 1. The predicted octanol–water partition coefficient (Wildman–Crippen LogP) is 1.89. The monoisotopic (exact) mass is 327 g/mol. The van der Waals surface area contributed by atoms with Crippen molar-refractivity contribution in [1.82, 2.24) is 24.8 Å². The van der Waals surface area contributed by atoms with Crippen molar-refractivity contribution >= 4 is 5.91 Å². The molecule has 2 aromatic rings. The fourth-order valence-electron chi connectivity index (χ4n) is 3.36. The van der Waals surface area contributed by atoms with Gasteiger partial charge >= 0.3 is 0 Å². The highest BCUT2D eigenvalue weighted by atomic mass is 16.2. The molecule has 0 spiro atoms. The molecule has 1 aromatic carbocycles. The van der Waals surface area contributed by atoms with E-state index >= 15 is 0 Å². The van der Waals surface area contributed by atoms with Gasteiger partial charge in [0.1, 0.15) is 0 Å². The second-order valence-corrected chi connectivity index (χ2v) is 6.77. The molecule has 1 atom stereocenters. The van der Waals surface area contributed by atoms with Gasteiger partial charge in [-0.2, -0.15) is 0 Å². The number of piperidine rings is 1. The quantitative estimate of drug-likeness (QED) is 0.841. The maximum Gasteiger partial charge on any atom is 0.253 e. The van der Waals surface area contributed by atoms with E-state index in [9.17, 15) is 4.79 Å². The van der Waals surface area contributed by atoms with Crippen LogP contribution in [0.4, 0.5) is 0 Å². The SMILES string of the molecule is CN(C)C(=O)c1cccc(CN2CCCC(Cn3ccnn3)C2)c1. The summed E-state index contributed by atoms with van der Waals surface area (Å²) >= 11 is 0. The topological polar surface area (TPSA) is 54.3 Å². The van der Waals surface area contributed by atoms with Crippen LogP contribution in [0.3, 0.4) is 0 Å². The molecular weight excluding hydrogens is 302 g/mol. The molecule has 24 heavy (non-hydrogen) atoms. The lowest BCUT2D eigenvalue weighted by atomic mass is 9.97. The van der Waals surface area contributed by atoms with E-state index in [0.717, 1.165) is 31.7 Å². The van der Waals surface area contributed by atoms with Gasteiger partial charge in [0.25, 0.3) is 5.91 Å². The van der Waals surface area contributed by atoms with Crippen LogP contribution in [0.2, 0.25) is 0 Å². The zero-order valence-corrected chi connectivity index (χ0v) is 14.4. The van der Waals surface area contributed by atoms with E-state index in [1.165, 1.54) is 18.4 Å². The van der Waals surface area contributed by atoms with Crippen LogP contribution in [0.1, 0.15) is 28.8 Å². The molecule has 1 amide bonds. The number of hydrogen-bond donors (Lipinski definition) is 0. The van der Waals surface area contributed by atoms with Crippen LogP contribution in [0.5, 0.6) is 0 Å². The van der Waals surface area contributed by atoms with Gasteiger partial charge in [-0.3, -0.25) is 14.4 Å². The van der Waals surface area contributed by atoms with E-state index in [1.807, 2.05) is 29.1 Å². The summed E-state index contributed by atoms with van der Waals surface area (Å²) in [6, 6.07) is 7.98. The molecule has 3 rings (SSSR count). The molecule has 0 N–H and O–H groups in total. The van der Waals surface area contributed by atoms with Crippen molar-refractivity contribution in [3.05, 3.63) is 47.8 Å². The Morgan fingerprint density at radius 3 is 3.00 bits per heavy atom. The maximum atomic E-state index is 12.1. The highest BCUT2D eigenvalue weighted by molar-refractivity contribution is 5.94. The fraction of sp³-hybridized carbons (Fsp3) is 0.500. The number of amides is 1. The van der Waals surface area contributed by atoms with Crippen LogP contribution in [0, 0.1) is 5.92 Å². The number of carbonyl (C=O) groups excluding carboxylic acids is 1. The Morgan fingerprint density at radius 2 is 2.25 bits per heavy atom. The smallest absolute Gasteiger partial charge is 0.253 e. The van der Waals surface area contributed by atoms with Crippen LogP contribution in [0.25, 0.3) is 0 Å². The minimum absolute atomic E-state index is 0.0551. The number of likely N-dealkylation sites (tertiary alicyclic amines) is 1. The van der Waals surface area contributed by atoms with Gasteiger partial charge in [0.2, 0.25) is 0 Å². The molecule has 0 aliphatic carbocycles. The minimum Gasteiger partial charge on any atom is -0.345 e. The lowest BCUT2D eigenvalue weighted by Gasteiger charge is -2.32. The molecule has 1 aliphatic rings. The van der Waals surface area contributed by atoms with E-state index in [4.69, 9.17) is 0 Å². The van der Waals surface area contributed by atoms with Crippen LogP contribution in [-0.2, 0) is 13.1 Å². The summed E-state index contributed by atoms with van der Waals surface area (Å²) in [5.41, 5.74) is 1.96. The maximum absolute atomic E-state index is 12.1. The summed E-state index contributed by atoms with van der Waals surface area (Å²) in [5.74, 6) is 0.659. The molecule has 1 aromatic heterocycles. The number of hydrogen-bond acceptors (Lipinski definition) is 4. The van der Waals surface area contributed by atoms with Gasteiger partial charge in [0.05, 0.1) is 6.20 Å². The number of aromatic nitrogens is 3. The average Bonchev–Trinajstić information content (AvgIpc) is 3.07. The number of benzene rings is 1. The minimum atomic E-state index is 0.0551. The van der Waals surface area contributed by atoms with E-state index in [1.54, 1.807) is 25.2 Å². The highest BCUT2D eigenvalue weighted by Gasteiger charge is 2.21. The third-order valence-electron chi connectivity index (χ3n) is 4.51. The lowest BCUT2D eigenvalue weighted by molar-refractivity contribution is 0.0827. The Morgan fingerprint density at radius 1 is 1.38 bits per heavy atom. The normalized spacial score (nSPS) is 18.5.